The number of anilines is 1. The first-order valence-electron chi connectivity index (χ1n) is 6.94. The number of rotatable bonds is 3. The average molecular weight is 287 g/mol. The molecule has 112 valence electrons. The molecule has 2 rings (SSSR count). The molecule has 1 aromatic carbocycles. The molecule has 0 radical (unpaired) electrons. The molecule has 1 aliphatic carbocycles. The lowest BCUT2D eigenvalue weighted by Crippen LogP contribution is -2.30. The van der Waals surface area contributed by atoms with Crippen molar-refractivity contribution in [2.45, 2.75) is 45.5 Å². The largest absolute Gasteiger partial charge is 0.573 e. The van der Waals surface area contributed by atoms with Crippen molar-refractivity contribution in [2.75, 3.05) is 5.32 Å². The molecule has 1 fully saturated rings. The zero-order valence-electron chi connectivity index (χ0n) is 11.7. The van der Waals surface area contributed by atoms with E-state index in [1.54, 1.807) is 12.1 Å². The van der Waals surface area contributed by atoms with Crippen LogP contribution in [0.3, 0.4) is 0 Å². The molecular formula is C15H20F3NO. The summed E-state index contributed by atoms with van der Waals surface area (Å²) in [6, 6.07) is 6.36. The van der Waals surface area contributed by atoms with E-state index in [-0.39, 0.29) is 5.75 Å². The topological polar surface area (TPSA) is 21.3 Å². The zero-order valence-corrected chi connectivity index (χ0v) is 11.7. The Bertz CT molecular complexity index is 437. The third-order valence-electron chi connectivity index (χ3n) is 3.62. The zero-order chi connectivity index (χ0) is 14.8. The van der Waals surface area contributed by atoms with Gasteiger partial charge < -0.3 is 10.1 Å². The predicted octanol–water partition coefficient (Wildman–Crippen LogP) is 4.82. The fourth-order valence-corrected chi connectivity index (χ4v) is 3.08. The van der Waals surface area contributed by atoms with Crippen molar-refractivity contribution in [2.24, 2.45) is 11.8 Å². The molecule has 0 heterocycles. The number of nitrogens with one attached hydrogen (secondary N) is 1. The van der Waals surface area contributed by atoms with Crippen molar-refractivity contribution in [3.63, 3.8) is 0 Å². The molecular weight excluding hydrogens is 267 g/mol. The quantitative estimate of drug-likeness (QED) is 0.860. The number of ether oxygens (including phenoxy) is 1. The molecule has 0 spiro atoms. The first kappa shape index (κ1) is 15.0. The van der Waals surface area contributed by atoms with Gasteiger partial charge in [-0.2, -0.15) is 0 Å². The third-order valence-corrected chi connectivity index (χ3v) is 3.62. The summed E-state index contributed by atoms with van der Waals surface area (Å²) in [5.41, 5.74) is 0.679. The molecule has 0 saturated heterocycles. The van der Waals surface area contributed by atoms with Crippen LogP contribution in [0.1, 0.15) is 33.1 Å². The highest BCUT2D eigenvalue weighted by molar-refractivity contribution is 5.49. The van der Waals surface area contributed by atoms with Crippen molar-refractivity contribution in [3.8, 4) is 5.75 Å². The smallest absolute Gasteiger partial charge is 0.406 e. The summed E-state index contributed by atoms with van der Waals surface area (Å²) in [5.74, 6) is 1.11. The summed E-state index contributed by atoms with van der Waals surface area (Å²) in [5, 5.41) is 3.32. The predicted molar refractivity (Wildman–Crippen MR) is 72.7 cm³/mol. The van der Waals surface area contributed by atoms with Crippen LogP contribution in [-0.4, -0.2) is 12.4 Å². The second-order valence-electron chi connectivity index (χ2n) is 5.83. The second kappa shape index (κ2) is 5.94. The van der Waals surface area contributed by atoms with Gasteiger partial charge in [-0.05, 0) is 43.2 Å². The molecule has 1 aromatic rings. The second-order valence-corrected chi connectivity index (χ2v) is 5.83. The molecule has 1 saturated carbocycles. The van der Waals surface area contributed by atoms with Gasteiger partial charge >= 0.3 is 6.36 Å². The summed E-state index contributed by atoms with van der Waals surface area (Å²) in [7, 11) is 0. The Morgan fingerprint density at radius 1 is 1.10 bits per heavy atom. The number of benzene rings is 1. The van der Waals surface area contributed by atoms with Gasteiger partial charge in [0.25, 0.3) is 0 Å². The van der Waals surface area contributed by atoms with Gasteiger partial charge in [-0.3, -0.25) is 0 Å². The number of alkyl halides is 3. The molecule has 2 nitrogen and oxygen atoms in total. The molecule has 20 heavy (non-hydrogen) atoms. The van der Waals surface area contributed by atoms with Gasteiger partial charge in [0.2, 0.25) is 0 Å². The summed E-state index contributed by atoms with van der Waals surface area (Å²) < 4.78 is 40.5. The SMILES string of the molecule is CC1CC(C)CC(Nc2cccc(OC(F)(F)F)c2)C1. The molecule has 0 aliphatic heterocycles. The summed E-state index contributed by atoms with van der Waals surface area (Å²) in [6.07, 6.45) is -1.33. The van der Waals surface area contributed by atoms with Crippen LogP contribution in [0.5, 0.6) is 5.75 Å². The average Bonchev–Trinajstić information content (AvgIpc) is 2.25. The maximum atomic E-state index is 12.2. The molecule has 1 aliphatic rings. The highest BCUT2D eigenvalue weighted by Crippen LogP contribution is 2.31. The van der Waals surface area contributed by atoms with Crippen molar-refractivity contribution in [1.82, 2.24) is 0 Å². The first-order valence-corrected chi connectivity index (χ1v) is 6.94. The van der Waals surface area contributed by atoms with Crippen LogP contribution >= 0.6 is 0 Å². The fourth-order valence-electron chi connectivity index (χ4n) is 3.08. The fraction of sp³-hybridized carbons (Fsp3) is 0.600. The van der Waals surface area contributed by atoms with E-state index in [9.17, 15) is 13.2 Å². The minimum absolute atomic E-state index is 0.181. The maximum Gasteiger partial charge on any atom is 0.573 e. The molecule has 2 atom stereocenters. The monoisotopic (exact) mass is 287 g/mol. The lowest BCUT2D eigenvalue weighted by Gasteiger charge is -2.32. The van der Waals surface area contributed by atoms with Gasteiger partial charge in [-0.15, -0.1) is 13.2 Å². The highest BCUT2D eigenvalue weighted by atomic mass is 19.4. The first-order chi connectivity index (χ1) is 9.32. The van der Waals surface area contributed by atoms with Gasteiger partial charge in [-0.25, -0.2) is 0 Å². The minimum Gasteiger partial charge on any atom is -0.406 e. The van der Waals surface area contributed by atoms with Crippen LogP contribution in [0, 0.1) is 11.8 Å². The van der Waals surface area contributed by atoms with E-state index in [1.807, 2.05) is 0 Å². The van der Waals surface area contributed by atoms with E-state index in [2.05, 4.69) is 23.9 Å². The van der Waals surface area contributed by atoms with Gasteiger partial charge in [0.05, 0.1) is 0 Å². The van der Waals surface area contributed by atoms with Crippen molar-refractivity contribution in [3.05, 3.63) is 24.3 Å². The normalized spacial score (nSPS) is 27.1. The number of halogens is 3. The van der Waals surface area contributed by atoms with Crippen LogP contribution in [0.4, 0.5) is 18.9 Å². The molecule has 0 amide bonds. The standard InChI is InChI=1S/C15H20F3NO/c1-10-6-11(2)8-13(7-10)19-12-4-3-5-14(9-12)20-15(16,17)18/h3-5,9-11,13,19H,6-8H2,1-2H3. The molecule has 1 N–H and O–H groups in total. The Kier molecular flexibility index (Phi) is 4.45. The Hall–Kier alpha value is -1.39. The van der Waals surface area contributed by atoms with Gasteiger partial charge in [0, 0.05) is 17.8 Å². The highest BCUT2D eigenvalue weighted by Gasteiger charge is 2.31. The lowest BCUT2D eigenvalue weighted by atomic mass is 9.80. The van der Waals surface area contributed by atoms with Crippen molar-refractivity contribution in [1.29, 1.82) is 0 Å². The molecule has 2 unspecified atom stereocenters. The van der Waals surface area contributed by atoms with E-state index in [4.69, 9.17) is 0 Å². The molecule has 5 heteroatoms. The van der Waals surface area contributed by atoms with E-state index < -0.39 is 6.36 Å². The Morgan fingerprint density at radius 2 is 1.75 bits per heavy atom. The van der Waals surface area contributed by atoms with Crippen molar-refractivity contribution < 1.29 is 17.9 Å². The van der Waals surface area contributed by atoms with Crippen LogP contribution in [-0.2, 0) is 0 Å². The van der Waals surface area contributed by atoms with E-state index >= 15 is 0 Å². The minimum atomic E-state index is -4.65. The van der Waals surface area contributed by atoms with Crippen LogP contribution in [0.2, 0.25) is 0 Å². The van der Waals surface area contributed by atoms with Gasteiger partial charge in [0.15, 0.2) is 0 Å². The van der Waals surface area contributed by atoms with E-state index in [1.165, 1.54) is 18.6 Å². The number of hydrogen-bond donors (Lipinski definition) is 1. The van der Waals surface area contributed by atoms with E-state index in [0.29, 0.717) is 23.6 Å². The lowest BCUT2D eigenvalue weighted by molar-refractivity contribution is -0.274. The van der Waals surface area contributed by atoms with Gasteiger partial charge in [0.1, 0.15) is 5.75 Å². The van der Waals surface area contributed by atoms with Crippen molar-refractivity contribution >= 4 is 5.69 Å². The summed E-state index contributed by atoms with van der Waals surface area (Å²) in [4.78, 5) is 0. The Balaban J connectivity index is 2.00. The third kappa shape index (κ3) is 4.62. The van der Waals surface area contributed by atoms with Crippen LogP contribution in [0.15, 0.2) is 24.3 Å². The Morgan fingerprint density at radius 3 is 2.35 bits per heavy atom. The van der Waals surface area contributed by atoms with Crippen LogP contribution < -0.4 is 10.1 Å². The van der Waals surface area contributed by atoms with E-state index in [0.717, 1.165) is 12.8 Å². The summed E-state index contributed by atoms with van der Waals surface area (Å²) >= 11 is 0. The van der Waals surface area contributed by atoms with Gasteiger partial charge in [-0.1, -0.05) is 19.9 Å². The Labute approximate surface area is 117 Å². The molecule has 0 bridgehead atoms. The maximum absolute atomic E-state index is 12.2. The van der Waals surface area contributed by atoms with Crippen LogP contribution in [0.25, 0.3) is 0 Å². The summed E-state index contributed by atoms with van der Waals surface area (Å²) in [6.45, 7) is 4.43. The number of hydrogen-bond acceptors (Lipinski definition) is 2. The molecule has 0 aromatic heterocycles.